The molecule has 0 spiro atoms. The zero-order valence-corrected chi connectivity index (χ0v) is 15.2. The highest BCUT2D eigenvalue weighted by Gasteiger charge is 2.35. The number of nitrogens with zero attached hydrogens (tertiary/aromatic N) is 2. The average Bonchev–Trinajstić information content (AvgIpc) is 3.14. The first kappa shape index (κ1) is 19.2. The van der Waals surface area contributed by atoms with Crippen LogP contribution in [0, 0.1) is 0 Å². The van der Waals surface area contributed by atoms with E-state index in [1.807, 2.05) is 0 Å². The molecule has 9 nitrogen and oxygen atoms in total. The minimum atomic E-state index is -0.823. The highest BCUT2D eigenvalue weighted by atomic mass is 35.5. The first-order valence-electron chi connectivity index (χ1n) is 8.17. The minimum Gasteiger partial charge on any atom is -0.507 e. The van der Waals surface area contributed by atoms with Gasteiger partial charge in [0.15, 0.2) is 0 Å². The second-order valence-electron chi connectivity index (χ2n) is 5.92. The molecule has 0 fully saturated rings. The lowest BCUT2D eigenvalue weighted by Crippen LogP contribution is -2.45. The third kappa shape index (κ3) is 4.04. The SMILES string of the molecule is NC(=O)C1CC(C(=O)NNC(=O)c2cc(Cl)ccc2O)=NN1c1ccccc1. The molecule has 3 amide bonds. The second-order valence-corrected chi connectivity index (χ2v) is 6.36. The Balaban J connectivity index is 1.71. The Morgan fingerprint density at radius 1 is 1.11 bits per heavy atom. The number of aromatic hydroxyl groups is 1. The summed E-state index contributed by atoms with van der Waals surface area (Å²) >= 11 is 5.80. The van der Waals surface area contributed by atoms with Gasteiger partial charge >= 0.3 is 0 Å². The van der Waals surface area contributed by atoms with Crippen molar-refractivity contribution in [2.24, 2.45) is 10.8 Å². The number of benzene rings is 2. The van der Waals surface area contributed by atoms with Crippen LogP contribution in [-0.2, 0) is 9.59 Å². The standard InChI is InChI=1S/C18H16ClN5O4/c19-10-6-7-15(25)12(8-10)17(27)21-22-18(28)13-9-14(16(20)26)24(23-13)11-4-2-1-3-5-11/h1-8,14,25H,9H2,(H2,20,26)(H,21,27)(H,22,28). The van der Waals surface area contributed by atoms with Crippen LogP contribution in [0.5, 0.6) is 5.75 Å². The maximum atomic E-state index is 12.4. The number of rotatable bonds is 4. The Hall–Kier alpha value is -3.59. The van der Waals surface area contributed by atoms with Gasteiger partial charge in [-0.2, -0.15) is 5.10 Å². The first-order chi connectivity index (χ1) is 13.4. The largest absolute Gasteiger partial charge is 0.507 e. The van der Waals surface area contributed by atoms with Crippen molar-refractivity contribution in [3.05, 3.63) is 59.1 Å². The van der Waals surface area contributed by atoms with E-state index < -0.39 is 23.8 Å². The van der Waals surface area contributed by atoms with Crippen LogP contribution in [0.25, 0.3) is 0 Å². The van der Waals surface area contributed by atoms with E-state index in [0.29, 0.717) is 5.69 Å². The summed E-state index contributed by atoms with van der Waals surface area (Å²) in [4.78, 5) is 36.2. The Morgan fingerprint density at radius 2 is 1.79 bits per heavy atom. The normalized spacial score (nSPS) is 15.7. The van der Waals surface area contributed by atoms with Crippen LogP contribution in [0.2, 0.25) is 5.02 Å². The van der Waals surface area contributed by atoms with Gasteiger partial charge in [-0.05, 0) is 30.3 Å². The summed E-state index contributed by atoms with van der Waals surface area (Å²) in [6.07, 6.45) is -0.0195. The lowest BCUT2D eigenvalue weighted by Gasteiger charge is -2.20. The fourth-order valence-corrected chi connectivity index (χ4v) is 2.80. The van der Waals surface area contributed by atoms with Gasteiger partial charge in [0.2, 0.25) is 5.91 Å². The molecule has 0 bridgehead atoms. The Morgan fingerprint density at radius 3 is 2.46 bits per heavy atom. The highest BCUT2D eigenvalue weighted by Crippen LogP contribution is 2.24. The molecule has 0 radical (unpaired) electrons. The summed E-state index contributed by atoms with van der Waals surface area (Å²) in [7, 11) is 0. The van der Waals surface area contributed by atoms with Crippen LogP contribution in [0.3, 0.4) is 0 Å². The van der Waals surface area contributed by atoms with E-state index in [1.54, 1.807) is 30.3 Å². The second kappa shape index (κ2) is 7.97. The summed E-state index contributed by atoms with van der Waals surface area (Å²) in [5.74, 6) is -2.40. The van der Waals surface area contributed by atoms with Crippen molar-refractivity contribution >= 4 is 40.7 Å². The zero-order chi connectivity index (χ0) is 20.3. The molecule has 0 aliphatic carbocycles. The summed E-state index contributed by atoms with van der Waals surface area (Å²) in [6.45, 7) is 0. The van der Waals surface area contributed by atoms with Gasteiger partial charge in [0.1, 0.15) is 17.5 Å². The Kier molecular flexibility index (Phi) is 5.46. The van der Waals surface area contributed by atoms with E-state index in [4.69, 9.17) is 17.3 Å². The highest BCUT2D eigenvalue weighted by molar-refractivity contribution is 6.40. The van der Waals surface area contributed by atoms with Gasteiger partial charge in [-0.3, -0.25) is 30.2 Å². The lowest BCUT2D eigenvalue weighted by atomic mass is 10.1. The number of hydrogen-bond donors (Lipinski definition) is 4. The molecule has 144 valence electrons. The van der Waals surface area contributed by atoms with Crippen molar-refractivity contribution in [1.29, 1.82) is 0 Å². The molecule has 1 unspecified atom stereocenters. The number of hydrazone groups is 1. The van der Waals surface area contributed by atoms with Gasteiger partial charge < -0.3 is 10.8 Å². The predicted molar refractivity (Wildman–Crippen MR) is 103 cm³/mol. The van der Waals surface area contributed by atoms with Crippen molar-refractivity contribution in [2.75, 3.05) is 5.01 Å². The number of anilines is 1. The molecule has 5 N–H and O–H groups in total. The quantitative estimate of drug-likeness (QED) is 0.565. The van der Waals surface area contributed by atoms with Crippen LogP contribution in [0.4, 0.5) is 5.69 Å². The molecule has 1 aliphatic rings. The number of halogens is 1. The van der Waals surface area contributed by atoms with Gasteiger partial charge in [-0.15, -0.1) is 0 Å². The summed E-state index contributed by atoms with van der Waals surface area (Å²) in [5.41, 5.74) is 10.3. The molecular weight excluding hydrogens is 386 g/mol. The third-order valence-corrected chi connectivity index (χ3v) is 4.25. The fourth-order valence-electron chi connectivity index (χ4n) is 2.63. The summed E-state index contributed by atoms with van der Waals surface area (Å²) < 4.78 is 0. The number of carbonyl (C=O) groups is 3. The smallest absolute Gasteiger partial charge is 0.285 e. The van der Waals surface area contributed by atoms with E-state index >= 15 is 0 Å². The van der Waals surface area contributed by atoms with Gasteiger partial charge in [0.25, 0.3) is 11.8 Å². The van der Waals surface area contributed by atoms with Crippen molar-refractivity contribution in [1.82, 2.24) is 10.9 Å². The number of phenols is 1. The van der Waals surface area contributed by atoms with Crippen LogP contribution in [-0.4, -0.2) is 34.6 Å². The average molecular weight is 402 g/mol. The Bertz CT molecular complexity index is 964. The van der Waals surface area contributed by atoms with E-state index in [2.05, 4.69) is 16.0 Å². The number of primary amides is 1. The molecule has 0 saturated carbocycles. The van der Waals surface area contributed by atoms with E-state index in [-0.39, 0.29) is 28.5 Å². The van der Waals surface area contributed by atoms with Crippen molar-refractivity contribution < 1.29 is 19.5 Å². The van der Waals surface area contributed by atoms with Crippen LogP contribution in [0.1, 0.15) is 16.8 Å². The number of para-hydroxylation sites is 1. The van der Waals surface area contributed by atoms with Gasteiger partial charge in [-0.1, -0.05) is 29.8 Å². The molecule has 0 aromatic heterocycles. The van der Waals surface area contributed by atoms with Gasteiger partial charge in [0.05, 0.1) is 11.3 Å². The number of nitrogens with one attached hydrogen (secondary N) is 2. The summed E-state index contributed by atoms with van der Waals surface area (Å²) in [5, 5.41) is 15.5. The lowest BCUT2D eigenvalue weighted by molar-refractivity contribution is -0.119. The van der Waals surface area contributed by atoms with Gasteiger partial charge in [-0.25, -0.2) is 0 Å². The molecule has 2 aromatic carbocycles. The first-order valence-corrected chi connectivity index (χ1v) is 8.55. The van der Waals surface area contributed by atoms with Crippen molar-refractivity contribution in [3.8, 4) is 5.75 Å². The molecule has 0 saturated heterocycles. The van der Waals surface area contributed by atoms with Gasteiger partial charge in [0, 0.05) is 11.4 Å². The van der Waals surface area contributed by atoms with E-state index in [0.717, 1.165) is 0 Å². The number of hydrogen-bond acceptors (Lipinski definition) is 6. The Labute approximate surface area is 164 Å². The fraction of sp³-hybridized carbons (Fsp3) is 0.111. The van der Waals surface area contributed by atoms with Crippen molar-refractivity contribution in [2.45, 2.75) is 12.5 Å². The number of carbonyl (C=O) groups excluding carboxylic acids is 3. The van der Waals surface area contributed by atoms with Crippen LogP contribution in [0.15, 0.2) is 53.6 Å². The van der Waals surface area contributed by atoms with E-state index in [1.165, 1.54) is 23.2 Å². The molecule has 1 aliphatic heterocycles. The maximum absolute atomic E-state index is 12.4. The molecule has 2 aromatic rings. The summed E-state index contributed by atoms with van der Waals surface area (Å²) in [6, 6.07) is 11.9. The minimum absolute atomic E-state index is 0.0169. The number of phenolic OH excluding ortho intramolecular Hbond substituents is 1. The maximum Gasteiger partial charge on any atom is 0.285 e. The molecule has 1 atom stereocenters. The molecule has 3 rings (SSSR count). The monoisotopic (exact) mass is 401 g/mol. The molecule has 10 heteroatoms. The number of hydrazine groups is 1. The van der Waals surface area contributed by atoms with Crippen LogP contribution < -0.4 is 21.6 Å². The number of nitrogens with two attached hydrogens (primary N) is 1. The zero-order valence-electron chi connectivity index (χ0n) is 14.4. The molecule has 28 heavy (non-hydrogen) atoms. The molecule has 1 heterocycles. The van der Waals surface area contributed by atoms with Crippen LogP contribution >= 0.6 is 11.6 Å². The topological polar surface area (TPSA) is 137 Å². The van der Waals surface area contributed by atoms with E-state index in [9.17, 15) is 19.5 Å². The number of amides is 3. The molecular formula is C18H16ClN5O4. The van der Waals surface area contributed by atoms with Crippen molar-refractivity contribution in [3.63, 3.8) is 0 Å². The predicted octanol–water partition coefficient (Wildman–Crippen LogP) is 0.927. The third-order valence-electron chi connectivity index (χ3n) is 4.01.